The van der Waals surface area contributed by atoms with Crippen LogP contribution in [0.2, 0.25) is 5.02 Å². The average molecular weight is 619 g/mol. The molecule has 2 aliphatic heterocycles. The Kier molecular flexibility index (Phi) is 5.83. The molecular formula is C30H27ClN6O7. The van der Waals surface area contributed by atoms with Gasteiger partial charge in [-0.05, 0) is 24.1 Å². The molecule has 4 N–H and O–H groups in total. The Hall–Kier alpha value is -5.04. The van der Waals surface area contributed by atoms with Crippen molar-refractivity contribution < 1.29 is 23.8 Å². The van der Waals surface area contributed by atoms with Crippen molar-refractivity contribution in [3.8, 4) is 17.2 Å². The van der Waals surface area contributed by atoms with Crippen LogP contribution in [0.4, 0.5) is 11.8 Å². The van der Waals surface area contributed by atoms with Crippen molar-refractivity contribution in [1.82, 2.24) is 19.1 Å². The number of rotatable bonds is 3. The second-order valence-electron chi connectivity index (χ2n) is 11.2. The molecule has 0 amide bonds. The molecule has 1 aliphatic carbocycles. The molecule has 13 nitrogen and oxygen atoms in total. The molecule has 2 aromatic heterocycles. The molecule has 0 saturated carbocycles. The summed E-state index contributed by atoms with van der Waals surface area (Å²) in [5.41, 5.74) is 5.70. The molecule has 3 atom stereocenters. The van der Waals surface area contributed by atoms with E-state index in [1.54, 1.807) is 39.2 Å². The van der Waals surface area contributed by atoms with E-state index in [9.17, 15) is 19.2 Å². The normalized spacial score (nSPS) is 22.0. The molecule has 3 aliphatic rings. The van der Waals surface area contributed by atoms with E-state index in [4.69, 9.17) is 31.5 Å². The molecule has 226 valence electrons. The second-order valence-corrected chi connectivity index (χ2v) is 11.6. The lowest BCUT2D eigenvalue weighted by atomic mass is 9.66. The van der Waals surface area contributed by atoms with Crippen molar-refractivity contribution in [2.24, 2.45) is 20.0 Å². The quantitative estimate of drug-likeness (QED) is 0.290. The van der Waals surface area contributed by atoms with Gasteiger partial charge in [0.2, 0.25) is 23.1 Å². The smallest absolute Gasteiger partial charge is 0.328 e. The van der Waals surface area contributed by atoms with E-state index in [2.05, 4.69) is 15.3 Å². The molecular weight excluding hydrogens is 592 g/mol. The number of hydrogen-bond donors (Lipinski definition) is 3. The zero-order valence-corrected chi connectivity index (χ0v) is 25.1. The van der Waals surface area contributed by atoms with E-state index < -0.39 is 34.6 Å². The molecule has 0 bridgehead atoms. The summed E-state index contributed by atoms with van der Waals surface area (Å²) in [4.78, 5) is 62.4. The first kappa shape index (κ1) is 27.8. The van der Waals surface area contributed by atoms with Crippen LogP contribution in [-0.4, -0.2) is 50.5 Å². The molecule has 0 radical (unpaired) electrons. The van der Waals surface area contributed by atoms with Gasteiger partial charge in [-0.25, -0.2) is 4.79 Å². The van der Waals surface area contributed by atoms with Gasteiger partial charge in [-0.15, -0.1) is 0 Å². The van der Waals surface area contributed by atoms with Gasteiger partial charge in [0, 0.05) is 43.3 Å². The fourth-order valence-corrected chi connectivity index (χ4v) is 7.07. The summed E-state index contributed by atoms with van der Waals surface area (Å²) in [5, 5.41) is 3.18. The number of benzene rings is 2. The van der Waals surface area contributed by atoms with Crippen molar-refractivity contribution in [3.63, 3.8) is 0 Å². The molecule has 2 aromatic carbocycles. The lowest BCUT2D eigenvalue weighted by Crippen LogP contribution is -2.58. The Morgan fingerprint density at radius 1 is 1.05 bits per heavy atom. The summed E-state index contributed by atoms with van der Waals surface area (Å²) >= 11 is 6.61. The van der Waals surface area contributed by atoms with Gasteiger partial charge in [0.25, 0.3) is 5.56 Å². The number of nitrogens with one attached hydrogen (secondary N) is 2. The van der Waals surface area contributed by atoms with Crippen LogP contribution in [0.15, 0.2) is 45.1 Å². The van der Waals surface area contributed by atoms with Crippen LogP contribution in [-0.2, 0) is 18.9 Å². The Balaban J connectivity index is 1.47. The number of ether oxygens (including phenoxy) is 3. The zero-order chi connectivity index (χ0) is 31.4. The van der Waals surface area contributed by atoms with E-state index >= 15 is 0 Å². The number of H-pyrrole nitrogens is 1. The van der Waals surface area contributed by atoms with E-state index in [0.717, 1.165) is 0 Å². The van der Waals surface area contributed by atoms with Crippen LogP contribution in [0.5, 0.6) is 17.2 Å². The molecule has 44 heavy (non-hydrogen) atoms. The SMILES string of the molecule is COc1cc(OC)c2c(c1Cl)OC1(C(=O)C3=C(CC1C)Nc1nc(N)[nH]c(=O)c1C3c1ccc3c(c1)n(C)c(=O)n3C)C2=O. The van der Waals surface area contributed by atoms with Gasteiger partial charge in [-0.1, -0.05) is 24.6 Å². The molecule has 3 unspecified atom stereocenters. The highest BCUT2D eigenvalue weighted by atomic mass is 35.5. The van der Waals surface area contributed by atoms with Crippen molar-refractivity contribution >= 4 is 46.0 Å². The Morgan fingerprint density at radius 3 is 2.45 bits per heavy atom. The number of methoxy groups -OCH3 is 2. The highest BCUT2D eigenvalue weighted by Crippen LogP contribution is 2.56. The van der Waals surface area contributed by atoms with Crippen LogP contribution in [0.25, 0.3) is 11.0 Å². The number of imidazole rings is 1. The van der Waals surface area contributed by atoms with E-state index in [0.29, 0.717) is 22.3 Å². The lowest BCUT2D eigenvalue weighted by molar-refractivity contribution is -0.130. The number of aryl methyl sites for hydroxylation is 2. The van der Waals surface area contributed by atoms with Crippen LogP contribution < -0.4 is 36.5 Å². The fraction of sp³-hybridized carbons (Fsp3) is 0.300. The standard InChI is InChI=1S/C30H27ClN6O7/c1-11-8-13-19(24(38)30(11)25(39)20-16(42-4)10-17(43-5)22(31)23(20)44-30)18(21-26(33-13)34-28(32)35-27(21)40)12-6-7-14-15(9-12)37(3)29(41)36(14)2/h6-7,9-11,18H,8H2,1-5H3,(H4,32,33,34,35,40). The third kappa shape index (κ3) is 3.38. The van der Waals surface area contributed by atoms with Gasteiger partial charge in [0.1, 0.15) is 27.9 Å². The third-order valence-electron chi connectivity index (χ3n) is 8.98. The fourth-order valence-electron chi connectivity index (χ4n) is 6.81. The number of nitrogen functional groups attached to an aromatic ring is 1. The summed E-state index contributed by atoms with van der Waals surface area (Å²) in [6.45, 7) is 1.74. The van der Waals surface area contributed by atoms with E-state index in [1.165, 1.54) is 29.4 Å². The largest absolute Gasteiger partial charge is 0.496 e. The molecule has 14 heteroatoms. The maximum absolute atomic E-state index is 14.9. The highest BCUT2D eigenvalue weighted by Gasteiger charge is 2.63. The molecule has 4 aromatic rings. The van der Waals surface area contributed by atoms with Crippen molar-refractivity contribution in [3.05, 3.63) is 78.1 Å². The zero-order valence-electron chi connectivity index (χ0n) is 24.3. The first-order valence-electron chi connectivity index (χ1n) is 13.7. The number of carbonyl (C=O) groups is 2. The van der Waals surface area contributed by atoms with Gasteiger partial charge in [-0.3, -0.25) is 28.5 Å². The Bertz CT molecular complexity index is 2140. The van der Waals surface area contributed by atoms with Gasteiger partial charge in [0.05, 0.1) is 30.8 Å². The third-order valence-corrected chi connectivity index (χ3v) is 9.34. The first-order valence-corrected chi connectivity index (χ1v) is 14.1. The maximum Gasteiger partial charge on any atom is 0.328 e. The number of ketones is 2. The number of Topliss-reactive ketones (excluding diaryl/α,β-unsaturated/α-hetero) is 2. The number of fused-ring (bicyclic) bond motifs is 3. The van der Waals surface area contributed by atoms with Crippen molar-refractivity contribution in [2.75, 3.05) is 25.3 Å². The molecule has 0 fully saturated rings. The van der Waals surface area contributed by atoms with Crippen molar-refractivity contribution in [1.29, 1.82) is 0 Å². The molecule has 0 saturated heterocycles. The number of nitrogens with zero attached hydrogens (tertiary/aromatic N) is 3. The molecule has 7 rings (SSSR count). The number of halogens is 1. The van der Waals surface area contributed by atoms with Crippen LogP contribution in [0.1, 0.15) is 40.7 Å². The van der Waals surface area contributed by atoms with E-state index in [-0.39, 0.29) is 62.8 Å². The number of anilines is 2. The number of nitrogens with two attached hydrogens (primary N) is 1. The highest BCUT2D eigenvalue weighted by molar-refractivity contribution is 6.36. The summed E-state index contributed by atoms with van der Waals surface area (Å²) in [7, 11) is 6.11. The Labute approximate surface area is 254 Å². The minimum Gasteiger partial charge on any atom is -0.496 e. The van der Waals surface area contributed by atoms with Crippen LogP contribution in [0.3, 0.4) is 0 Å². The predicted octanol–water partition coefficient (Wildman–Crippen LogP) is 2.65. The Morgan fingerprint density at radius 2 is 1.75 bits per heavy atom. The van der Waals surface area contributed by atoms with Crippen LogP contribution in [0, 0.1) is 5.92 Å². The van der Waals surface area contributed by atoms with Crippen molar-refractivity contribution in [2.45, 2.75) is 24.9 Å². The molecule has 1 spiro atoms. The summed E-state index contributed by atoms with van der Waals surface area (Å²) in [6, 6.07) is 6.73. The number of aromatic nitrogens is 4. The van der Waals surface area contributed by atoms with Crippen LogP contribution >= 0.6 is 11.6 Å². The van der Waals surface area contributed by atoms with Gasteiger partial charge < -0.3 is 25.3 Å². The first-order chi connectivity index (χ1) is 20.9. The number of allylic oxidation sites excluding steroid dienone is 1. The number of carbonyl (C=O) groups excluding carboxylic acids is 2. The van der Waals surface area contributed by atoms with Gasteiger partial charge in [0.15, 0.2) is 5.75 Å². The molecule has 4 heterocycles. The minimum absolute atomic E-state index is 0.00849. The minimum atomic E-state index is -2.00. The summed E-state index contributed by atoms with van der Waals surface area (Å²) in [5.74, 6) is -2.44. The predicted molar refractivity (Wildman–Crippen MR) is 161 cm³/mol. The topological polar surface area (TPSA) is 173 Å². The lowest BCUT2D eigenvalue weighted by Gasteiger charge is -2.42. The second kappa shape index (κ2) is 9.23. The summed E-state index contributed by atoms with van der Waals surface area (Å²) < 4.78 is 20.2. The maximum atomic E-state index is 14.9. The number of aromatic amines is 1. The summed E-state index contributed by atoms with van der Waals surface area (Å²) in [6.07, 6.45) is 0.189. The van der Waals surface area contributed by atoms with Gasteiger partial charge in [-0.2, -0.15) is 4.98 Å². The van der Waals surface area contributed by atoms with Gasteiger partial charge >= 0.3 is 5.69 Å². The average Bonchev–Trinajstić information content (AvgIpc) is 3.42. The number of hydrogen-bond acceptors (Lipinski definition) is 10. The van der Waals surface area contributed by atoms with E-state index in [1.807, 2.05) is 0 Å². The monoisotopic (exact) mass is 618 g/mol.